The second kappa shape index (κ2) is 6.87. The van der Waals surface area contributed by atoms with Crippen LogP contribution >= 0.6 is 23.2 Å². The predicted octanol–water partition coefficient (Wildman–Crippen LogP) is 5.39. The number of para-hydroxylation sites is 2. The van der Waals surface area contributed by atoms with Crippen LogP contribution < -0.4 is 10.1 Å². The number of benzene rings is 2. The first kappa shape index (κ1) is 15.0. The summed E-state index contributed by atoms with van der Waals surface area (Å²) < 4.78 is 5.77. The standard InChI is InChI=1S/C16H17Cl2NO/c1-11(2)20-15-9-4-3-8-14(15)19-10-12-6-5-7-13(17)16(12)18/h3-9,11,19H,10H2,1-2H3. The molecule has 2 aromatic carbocycles. The zero-order valence-corrected chi connectivity index (χ0v) is 13.0. The molecule has 0 atom stereocenters. The molecule has 0 fully saturated rings. The van der Waals surface area contributed by atoms with Crippen LogP contribution in [0.2, 0.25) is 10.0 Å². The topological polar surface area (TPSA) is 21.3 Å². The van der Waals surface area contributed by atoms with E-state index in [1.54, 1.807) is 6.07 Å². The fourth-order valence-electron chi connectivity index (χ4n) is 1.84. The van der Waals surface area contributed by atoms with Gasteiger partial charge in [-0.15, -0.1) is 0 Å². The van der Waals surface area contributed by atoms with Gasteiger partial charge in [0.25, 0.3) is 0 Å². The SMILES string of the molecule is CC(C)Oc1ccccc1NCc1cccc(Cl)c1Cl. The van der Waals surface area contributed by atoms with Crippen molar-refractivity contribution in [3.05, 3.63) is 58.1 Å². The summed E-state index contributed by atoms with van der Waals surface area (Å²) in [6, 6.07) is 13.5. The Morgan fingerprint density at radius 1 is 1.05 bits per heavy atom. The molecule has 1 N–H and O–H groups in total. The number of rotatable bonds is 5. The van der Waals surface area contributed by atoms with E-state index in [2.05, 4.69) is 5.32 Å². The van der Waals surface area contributed by atoms with E-state index >= 15 is 0 Å². The molecule has 4 heteroatoms. The third-order valence-electron chi connectivity index (χ3n) is 2.75. The Morgan fingerprint density at radius 3 is 2.55 bits per heavy atom. The second-order valence-corrected chi connectivity index (χ2v) is 5.51. The average molecular weight is 310 g/mol. The lowest BCUT2D eigenvalue weighted by Crippen LogP contribution is -2.08. The molecular formula is C16H17Cl2NO. The molecule has 0 unspecified atom stereocenters. The average Bonchev–Trinajstić information content (AvgIpc) is 2.41. The number of ether oxygens (including phenoxy) is 1. The number of anilines is 1. The first-order valence-electron chi connectivity index (χ1n) is 6.50. The smallest absolute Gasteiger partial charge is 0.142 e. The molecule has 106 valence electrons. The van der Waals surface area contributed by atoms with E-state index in [-0.39, 0.29) is 6.10 Å². The fraction of sp³-hybridized carbons (Fsp3) is 0.250. The highest BCUT2D eigenvalue weighted by Gasteiger charge is 2.07. The Morgan fingerprint density at radius 2 is 1.80 bits per heavy atom. The van der Waals surface area contributed by atoms with Crippen molar-refractivity contribution >= 4 is 28.9 Å². The Labute approximate surface area is 129 Å². The number of hydrogen-bond acceptors (Lipinski definition) is 2. The minimum absolute atomic E-state index is 0.132. The van der Waals surface area contributed by atoms with Crippen molar-refractivity contribution in [2.45, 2.75) is 26.5 Å². The van der Waals surface area contributed by atoms with Gasteiger partial charge in [0.05, 0.1) is 21.8 Å². The molecule has 0 aliphatic rings. The van der Waals surface area contributed by atoms with Crippen LogP contribution in [-0.4, -0.2) is 6.10 Å². The Balaban J connectivity index is 2.13. The van der Waals surface area contributed by atoms with Gasteiger partial charge >= 0.3 is 0 Å². The maximum atomic E-state index is 6.18. The van der Waals surface area contributed by atoms with Gasteiger partial charge in [-0.1, -0.05) is 47.5 Å². The van der Waals surface area contributed by atoms with Gasteiger partial charge < -0.3 is 10.1 Å². The van der Waals surface area contributed by atoms with Crippen LogP contribution in [0.15, 0.2) is 42.5 Å². The minimum atomic E-state index is 0.132. The molecule has 0 saturated heterocycles. The molecule has 0 saturated carbocycles. The van der Waals surface area contributed by atoms with Crippen LogP contribution in [-0.2, 0) is 6.54 Å². The van der Waals surface area contributed by atoms with Gasteiger partial charge in [-0.25, -0.2) is 0 Å². The van der Waals surface area contributed by atoms with Gasteiger partial charge in [0, 0.05) is 6.54 Å². The molecule has 0 aliphatic carbocycles. The number of hydrogen-bond donors (Lipinski definition) is 1. The maximum Gasteiger partial charge on any atom is 0.142 e. The van der Waals surface area contributed by atoms with E-state index in [4.69, 9.17) is 27.9 Å². The lowest BCUT2D eigenvalue weighted by Gasteiger charge is -2.16. The molecule has 0 radical (unpaired) electrons. The molecule has 20 heavy (non-hydrogen) atoms. The Hall–Kier alpha value is -1.38. The monoisotopic (exact) mass is 309 g/mol. The molecule has 2 rings (SSSR count). The largest absolute Gasteiger partial charge is 0.489 e. The summed E-state index contributed by atoms with van der Waals surface area (Å²) in [6.45, 7) is 4.60. The molecule has 0 spiro atoms. The summed E-state index contributed by atoms with van der Waals surface area (Å²) in [6.07, 6.45) is 0.132. The van der Waals surface area contributed by atoms with Gasteiger partial charge in [-0.05, 0) is 37.6 Å². The zero-order valence-electron chi connectivity index (χ0n) is 11.5. The lowest BCUT2D eigenvalue weighted by atomic mass is 10.2. The molecule has 0 aliphatic heterocycles. The van der Waals surface area contributed by atoms with Crippen molar-refractivity contribution in [1.29, 1.82) is 0 Å². The number of halogens is 2. The fourth-order valence-corrected chi connectivity index (χ4v) is 2.23. The van der Waals surface area contributed by atoms with Crippen LogP contribution in [0.5, 0.6) is 5.75 Å². The van der Waals surface area contributed by atoms with E-state index in [1.165, 1.54) is 0 Å². The van der Waals surface area contributed by atoms with E-state index in [9.17, 15) is 0 Å². The van der Waals surface area contributed by atoms with Crippen molar-refractivity contribution in [1.82, 2.24) is 0 Å². The summed E-state index contributed by atoms with van der Waals surface area (Å²) in [5.41, 5.74) is 1.90. The quantitative estimate of drug-likeness (QED) is 0.799. The van der Waals surface area contributed by atoms with Crippen molar-refractivity contribution in [3.8, 4) is 5.75 Å². The third kappa shape index (κ3) is 3.81. The normalized spacial score (nSPS) is 10.7. The summed E-state index contributed by atoms with van der Waals surface area (Å²) >= 11 is 12.2. The first-order chi connectivity index (χ1) is 9.58. The van der Waals surface area contributed by atoms with E-state index < -0.39 is 0 Å². The van der Waals surface area contributed by atoms with Gasteiger partial charge in [-0.2, -0.15) is 0 Å². The number of nitrogens with one attached hydrogen (secondary N) is 1. The summed E-state index contributed by atoms with van der Waals surface area (Å²) in [5.74, 6) is 0.834. The van der Waals surface area contributed by atoms with E-state index in [0.29, 0.717) is 16.6 Å². The van der Waals surface area contributed by atoms with Gasteiger partial charge in [0.15, 0.2) is 0 Å². The van der Waals surface area contributed by atoms with Crippen molar-refractivity contribution < 1.29 is 4.74 Å². The van der Waals surface area contributed by atoms with Gasteiger partial charge in [0.2, 0.25) is 0 Å². The van der Waals surface area contributed by atoms with Crippen molar-refractivity contribution in [2.24, 2.45) is 0 Å². The molecular weight excluding hydrogens is 293 g/mol. The van der Waals surface area contributed by atoms with Gasteiger partial charge in [-0.3, -0.25) is 0 Å². The molecule has 0 aromatic heterocycles. The van der Waals surface area contributed by atoms with Crippen molar-refractivity contribution in [2.75, 3.05) is 5.32 Å². The maximum absolute atomic E-state index is 6.18. The summed E-state index contributed by atoms with van der Waals surface area (Å²) in [7, 11) is 0. The molecule has 2 aromatic rings. The van der Waals surface area contributed by atoms with Crippen LogP contribution in [0.4, 0.5) is 5.69 Å². The van der Waals surface area contributed by atoms with Crippen LogP contribution in [0.1, 0.15) is 19.4 Å². The minimum Gasteiger partial charge on any atom is -0.489 e. The lowest BCUT2D eigenvalue weighted by molar-refractivity contribution is 0.243. The highest BCUT2D eigenvalue weighted by Crippen LogP contribution is 2.29. The van der Waals surface area contributed by atoms with Crippen molar-refractivity contribution in [3.63, 3.8) is 0 Å². The Kier molecular flexibility index (Phi) is 5.16. The van der Waals surface area contributed by atoms with Crippen LogP contribution in [0.3, 0.4) is 0 Å². The van der Waals surface area contributed by atoms with Crippen LogP contribution in [0, 0.1) is 0 Å². The highest BCUT2D eigenvalue weighted by molar-refractivity contribution is 6.42. The van der Waals surface area contributed by atoms with Gasteiger partial charge in [0.1, 0.15) is 5.75 Å². The van der Waals surface area contributed by atoms with E-state index in [0.717, 1.165) is 17.0 Å². The summed E-state index contributed by atoms with van der Waals surface area (Å²) in [5, 5.41) is 4.49. The summed E-state index contributed by atoms with van der Waals surface area (Å²) in [4.78, 5) is 0. The third-order valence-corrected chi connectivity index (χ3v) is 3.61. The molecule has 0 bridgehead atoms. The van der Waals surface area contributed by atoms with Crippen LogP contribution in [0.25, 0.3) is 0 Å². The predicted molar refractivity (Wildman–Crippen MR) is 86.0 cm³/mol. The molecule has 2 nitrogen and oxygen atoms in total. The Bertz CT molecular complexity index is 584. The molecule has 0 amide bonds. The highest BCUT2D eigenvalue weighted by atomic mass is 35.5. The van der Waals surface area contributed by atoms with E-state index in [1.807, 2.05) is 50.2 Å². The second-order valence-electron chi connectivity index (χ2n) is 4.73. The first-order valence-corrected chi connectivity index (χ1v) is 7.26. The molecule has 0 heterocycles. The zero-order chi connectivity index (χ0) is 14.5.